The lowest BCUT2D eigenvalue weighted by molar-refractivity contribution is 0.282. The highest BCUT2D eigenvalue weighted by Crippen LogP contribution is 2.31. The van der Waals surface area contributed by atoms with Crippen molar-refractivity contribution < 1.29 is 13.5 Å². The standard InChI is InChI=1S/C12H17NO3S/c14-8-3-7-13-11-6-9-17(15,16)12-5-2-1-4-10(11)12/h1-2,4-5,11,13-14H,3,6-9H2. The summed E-state index contributed by atoms with van der Waals surface area (Å²) in [7, 11) is -3.09. The van der Waals surface area contributed by atoms with Gasteiger partial charge >= 0.3 is 0 Å². The number of rotatable bonds is 4. The van der Waals surface area contributed by atoms with Crippen LogP contribution in [0.4, 0.5) is 0 Å². The Kier molecular flexibility index (Phi) is 3.81. The Labute approximate surface area is 102 Å². The molecular formula is C12H17NO3S. The molecule has 0 saturated heterocycles. The Hall–Kier alpha value is -0.910. The second kappa shape index (κ2) is 5.16. The van der Waals surface area contributed by atoms with Gasteiger partial charge in [0.2, 0.25) is 0 Å². The third kappa shape index (κ3) is 2.68. The Morgan fingerprint density at radius 2 is 2.12 bits per heavy atom. The van der Waals surface area contributed by atoms with Crippen molar-refractivity contribution in [2.45, 2.75) is 23.8 Å². The van der Waals surface area contributed by atoms with Crippen LogP contribution in [0.15, 0.2) is 29.2 Å². The molecule has 0 spiro atoms. The zero-order valence-corrected chi connectivity index (χ0v) is 10.4. The lowest BCUT2D eigenvalue weighted by atomic mass is 10.0. The molecule has 1 unspecified atom stereocenters. The molecule has 1 heterocycles. The van der Waals surface area contributed by atoms with Gasteiger partial charge in [0.05, 0.1) is 10.6 Å². The molecular weight excluding hydrogens is 238 g/mol. The highest BCUT2D eigenvalue weighted by Gasteiger charge is 2.29. The van der Waals surface area contributed by atoms with E-state index in [-0.39, 0.29) is 18.4 Å². The van der Waals surface area contributed by atoms with Gasteiger partial charge in [0.15, 0.2) is 9.84 Å². The first-order valence-electron chi connectivity index (χ1n) is 5.81. The molecule has 1 atom stereocenters. The summed E-state index contributed by atoms with van der Waals surface area (Å²) in [6.07, 6.45) is 1.29. The normalized spacial score (nSPS) is 22.1. The maximum atomic E-state index is 11.9. The van der Waals surface area contributed by atoms with Crippen LogP contribution in [0.1, 0.15) is 24.4 Å². The van der Waals surface area contributed by atoms with Crippen molar-refractivity contribution in [3.8, 4) is 0 Å². The summed E-state index contributed by atoms with van der Waals surface area (Å²) in [5.41, 5.74) is 0.858. The minimum absolute atomic E-state index is 0.0845. The van der Waals surface area contributed by atoms with Gasteiger partial charge < -0.3 is 10.4 Å². The number of fused-ring (bicyclic) bond motifs is 1. The molecule has 0 fully saturated rings. The van der Waals surface area contributed by atoms with Crippen LogP contribution in [0, 0.1) is 0 Å². The SMILES string of the molecule is O=S1(=O)CCC(NCCCO)c2ccccc21. The topological polar surface area (TPSA) is 66.4 Å². The third-order valence-corrected chi connectivity index (χ3v) is 4.85. The Morgan fingerprint density at radius 3 is 2.88 bits per heavy atom. The van der Waals surface area contributed by atoms with Crippen LogP contribution in [0.2, 0.25) is 0 Å². The number of sulfone groups is 1. The van der Waals surface area contributed by atoms with E-state index in [0.717, 1.165) is 5.56 Å². The minimum Gasteiger partial charge on any atom is -0.396 e. The second-order valence-electron chi connectivity index (χ2n) is 4.23. The fraction of sp³-hybridized carbons (Fsp3) is 0.500. The molecule has 0 saturated carbocycles. The van der Waals surface area contributed by atoms with Crippen LogP contribution in [-0.2, 0) is 9.84 Å². The zero-order valence-electron chi connectivity index (χ0n) is 9.59. The van der Waals surface area contributed by atoms with Gasteiger partial charge in [0.1, 0.15) is 0 Å². The Balaban J connectivity index is 2.23. The molecule has 94 valence electrons. The molecule has 1 aliphatic heterocycles. The van der Waals surface area contributed by atoms with E-state index in [4.69, 9.17) is 5.11 Å². The van der Waals surface area contributed by atoms with Gasteiger partial charge in [-0.05, 0) is 31.0 Å². The third-order valence-electron chi connectivity index (χ3n) is 3.03. The number of aliphatic hydroxyl groups excluding tert-OH is 1. The van der Waals surface area contributed by atoms with E-state index in [9.17, 15) is 8.42 Å². The van der Waals surface area contributed by atoms with Crippen molar-refractivity contribution in [3.63, 3.8) is 0 Å². The van der Waals surface area contributed by atoms with Gasteiger partial charge in [0.25, 0.3) is 0 Å². The molecule has 1 aromatic rings. The van der Waals surface area contributed by atoms with Gasteiger partial charge in [-0.25, -0.2) is 8.42 Å². The monoisotopic (exact) mass is 255 g/mol. The largest absolute Gasteiger partial charge is 0.396 e. The van der Waals surface area contributed by atoms with Gasteiger partial charge in [-0.3, -0.25) is 0 Å². The van der Waals surface area contributed by atoms with E-state index in [1.165, 1.54) is 0 Å². The van der Waals surface area contributed by atoms with Crippen molar-refractivity contribution in [1.29, 1.82) is 0 Å². The van der Waals surface area contributed by atoms with Crippen LogP contribution in [0.3, 0.4) is 0 Å². The maximum absolute atomic E-state index is 11.9. The summed E-state index contributed by atoms with van der Waals surface area (Å²) in [4.78, 5) is 0.452. The summed E-state index contributed by atoms with van der Waals surface area (Å²) in [5.74, 6) is 0.195. The average molecular weight is 255 g/mol. The fourth-order valence-corrected chi connectivity index (χ4v) is 3.78. The van der Waals surface area contributed by atoms with Crippen molar-refractivity contribution in [3.05, 3.63) is 29.8 Å². The highest BCUT2D eigenvalue weighted by molar-refractivity contribution is 7.91. The van der Waals surface area contributed by atoms with Crippen LogP contribution in [0.5, 0.6) is 0 Å². The van der Waals surface area contributed by atoms with E-state index in [1.54, 1.807) is 12.1 Å². The van der Waals surface area contributed by atoms with Gasteiger partial charge in [0, 0.05) is 12.6 Å². The summed E-state index contributed by atoms with van der Waals surface area (Å²) in [6, 6.07) is 7.24. The summed E-state index contributed by atoms with van der Waals surface area (Å²) in [5, 5.41) is 12.0. The Bertz CT molecular complexity index is 484. The number of hydrogen-bond donors (Lipinski definition) is 2. The molecule has 0 radical (unpaired) electrons. The van der Waals surface area contributed by atoms with Crippen molar-refractivity contribution in [2.75, 3.05) is 18.9 Å². The molecule has 5 heteroatoms. The van der Waals surface area contributed by atoms with Crippen molar-refractivity contribution >= 4 is 9.84 Å². The van der Waals surface area contributed by atoms with E-state index < -0.39 is 9.84 Å². The van der Waals surface area contributed by atoms with E-state index in [1.807, 2.05) is 12.1 Å². The molecule has 1 aliphatic rings. The molecule has 0 aliphatic carbocycles. The molecule has 2 rings (SSSR count). The van der Waals surface area contributed by atoms with Crippen LogP contribution in [0.25, 0.3) is 0 Å². The molecule has 0 amide bonds. The van der Waals surface area contributed by atoms with Crippen molar-refractivity contribution in [2.24, 2.45) is 0 Å². The molecule has 1 aromatic carbocycles. The summed E-state index contributed by atoms with van der Waals surface area (Å²) in [6.45, 7) is 0.856. The average Bonchev–Trinajstić information content (AvgIpc) is 2.33. The smallest absolute Gasteiger partial charge is 0.178 e. The maximum Gasteiger partial charge on any atom is 0.178 e. The minimum atomic E-state index is -3.09. The summed E-state index contributed by atoms with van der Waals surface area (Å²) < 4.78 is 23.8. The van der Waals surface area contributed by atoms with Gasteiger partial charge in [-0.2, -0.15) is 0 Å². The van der Waals surface area contributed by atoms with Crippen LogP contribution < -0.4 is 5.32 Å². The fourth-order valence-electron chi connectivity index (χ4n) is 2.16. The van der Waals surface area contributed by atoms with Crippen molar-refractivity contribution in [1.82, 2.24) is 5.32 Å². The highest BCUT2D eigenvalue weighted by atomic mass is 32.2. The van der Waals surface area contributed by atoms with Gasteiger partial charge in [-0.15, -0.1) is 0 Å². The van der Waals surface area contributed by atoms with Crippen LogP contribution in [-0.4, -0.2) is 32.4 Å². The quantitative estimate of drug-likeness (QED) is 0.784. The second-order valence-corrected chi connectivity index (χ2v) is 6.31. The summed E-state index contributed by atoms with van der Waals surface area (Å²) >= 11 is 0. The first-order valence-corrected chi connectivity index (χ1v) is 7.46. The first-order chi connectivity index (χ1) is 8.15. The number of aliphatic hydroxyl groups is 1. The lowest BCUT2D eigenvalue weighted by Gasteiger charge is -2.26. The van der Waals surface area contributed by atoms with Crippen LogP contribution >= 0.6 is 0 Å². The first kappa shape index (κ1) is 12.5. The number of hydrogen-bond acceptors (Lipinski definition) is 4. The number of benzene rings is 1. The van der Waals surface area contributed by atoms with E-state index >= 15 is 0 Å². The van der Waals surface area contributed by atoms with E-state index in [0.29, 0.717) is 24.3 Å². The van der Waals surface area contributed by atoms with E-state index in [2.05, 4.69) is 5.32 Å². The predicted octanol–water partition coefficient (Wildman–Crippen LogP) is 0.877. The molecule has 0 bridgehead atoms. The van der Waals surface area contributed by atoms with Gasteiger partial charge in [-0.1, -0.05) is 18.2 Å². The number of nitrogens with one attached hydrogen (secondary N) is 1. The molecule has 4 nitrogen and oxygen atoms in total. The Morgan fingerprint density at radius 1 is 1.35 bits per heavy atom. The predicted molar refractivity (Wildman–Crippen MR) is 65.6 cm³/mol. The molecule has 17 heavy (non-hydrogen) atoms. The zero-order chi connectivity index (χ0) is 12.3. The molecule has 0 aromatic heterocycles. The lowest BCUT2D eigenvalue weighted by Crippen LogP contribution is -2.30. The molecule has 2 N–H and O–H groups in total.